The largest absolute Gasteiger partial charge is 0.495 e. The summed E-state index contributed by atoms with van der Waals surface area (Å²) in [7, 11) is 1.59. The Kier molecular flexibility index (Phi) is 6.50. The fraction of sp³-hybridized carbons (Fsp3) is 0.600. The Hall–Kier alpha value is -2.08. The second kappa shape index (κ2) is 9.03. The van der Waals surface area contributed by atoms with Gasteiger partial charge in [-0.3, -0.25) is 9.59 Å². The number of anilines is 1. The zero-order valence-electron chi connectivity index (χ0n) is 15.4. The first-order valence-electron chi connectivity index (χ1n) is 9.50. The van der Waals surface area contributed by atoms with Crippen LogP contribution in [0.15, 0.2) is 24.3 Å². The van der Waals surface area contributed by atoms with Gasteiger partial charge in [-0.2, -0.15) is 0 Å². The lowest BCUT2D eigenvalue weighted by atomic mass is 9.95. The van der Waals surface area contributed by atoms with Crippen LogP contribution in [0, 0.1) is 5.92 Å². The zero-order chi connectivity index (χ0) is 18.4. The summed E-state index contributed by atoms with van der Waals surface area (Å²) >= 11 is 0. The van der Waals surface area contributed by atoms with Crippen LogP contribution in [0.2, 0.25) is 0 Å². The smallest absolute Gasteiger partial charge is 0.227 e. The van der Waals surface area contributed by atoms with Gasteiger partial charge in [-0.15, -0.1) is 0 Å². The minimum absolute atomic E-state index is 0.000884. The maximum Gasteiger partial charge on any atom is 0.227 e. The van der Waals surface area contributed by atoms with Gasteiger partial charge >= 0.3 is 0 Å². The summed E-state index contributed by atoms with van der Waals surface area (Å²) in [6.07, 6.45) is 5.18. The number of amides is 2. The average molecular weight is 360 g/mol. The molecular weight excluding hydrogens is 332 g/mol. The summed E-state index contributed by atoms with van der Waals surface area (Å²) in [5.74, 6) is 0.773. The Morgan fingerprint density at radius 3 is 2.69 bits per heavy atom. The highest BCUT2D eigenvalue weighted by Gasteiger charge is 2.28. The number of nitrogens with one attached hydrogen (secondary N) is 1. The van der Waals surface area contributed by atoms with Crippen LogP contribution < -0.4 is 10.1 Å². The maximum absolute atomic E-state index is 12.5. The predicted octanol–water partition coefficient (Wildman–Crippen LogP) is 2.83. The molecule has 1 unspecified atom stereocenters. The molecule has 0 radical (unpaired) electrons. The van der Waals surface area contributed by atoms with E-state index < -0.39 is 0 Å². The molecule has 3 rings (SSSR count). The first-order valence-corrected chi connectivity index (χ1v) is 9.50. The molecule has 0 spiro atoms. The van der Waals surface area contributed by atoms with Crippen LogP contribution in [-0.2, 0) is 14.3 Å². The molecule has 1 aromatic rings. The molecule has 0 saturated carbocycles. The molecule has 2 aliphatic heterocycles. The number of hydrogen-bond acceptors (Lipinski definition) is 4. The SMILES string of the molecule is COc1ccccc1NC(=O)C1CCN(C(=O)CCC2CCCO2)CC1. The number of carbonyl (C=O) groups excluding carboxylic acids is 2. The Labute approximate surface area is 154 Å². The lowest BCUT2D eigenvalue weighted by Gasteiger charge is -2.31. The van der Waals surface area contributed by atoms with E-state index >= 15 is 0 Å². The van der Waals surface area contributed by atoms with Crippen LogP contribution >= 0.6 is 0 Å². The summed E-state index contributed by atoms with van der Waals surface area (Å²) in [6, 6.07) is 7.40. The van der Waals surface area contributed by atoms with Crippen molar-refractivity contribution < 1.29 is 19.1 Å². The van der Waals surface area contributed by atoms with Gasteiger partial charge in [0, 0.05) is 32.0 Å². The summed E-state index contributed by atoms with van der Waals surface area (Å²) < 4.78 is 10.9. The molecule has 6 nitrogen and oxygen atoms in total. The van der Waals surface area contributed by atoms with Crippen molar-refractivity contribution in [1.82, 2.24) is 4.90 Å². The molecule has 142 valence electrons. The molecule has 1 N–H and O–H groups in total. The molecule has 2 fully saturated rings. The lowest BCUT2D eigenvalue weighted by Crippen LogP contribution is -2.41. The summed E-state index contributed by atoms with van der Waals surface area (Å²) in [5.41, 5.74) is 0.690. The van der Waals surface area contributed by atoms with Crippen LogP contribution in [0.25, 0.3) is 0 Å². The van der Waals surface area contributed by atoms with Crippen LogP contribution in [0.5, 0.6) is 5.75 Å². The van der Waals surface area contributed by atoms with Gasteiger partial charge < -0.3 is 19.7 Å². The molecular formula is C20H28N2O4. The molecule has 1 aromatic carbocycles. The molecule has 1 atom stereocenters. The number of carbonyl (C=O) groups is 2. The molecule has 2 aliphatic rings. The number of ether oxygens (including phenoxy) is 2. The molecule has 26 heavy (non-hydrogen) atoms. The van der Waals surface area contributed by atoms with E-state index in [4.69, 9.17) is 9.47 Å². The van der Waals surface area contributed by atoms with Gasteiger partial charge in [-0.25, -0.2) is 0 Å². The van der Waals surface area contributed by atoms with Crippen molar-refractivity contribution in [1.29, 1.82) is 0 Å². The van der Waals surface area contributed by atoms with Crippen LogP contribution in [-0.4, -0.2) is 49.6 Å². The number of likely N-dealkylation sites (tertiary alicyclic amines) is 1. The number of para-hydroxylation sites is 2. The van der Waals surface area contributed by atoms with E-state index in [-0.39, 0.29) is 23.8 Å². The normalized spacial score (nSPS) is 20.8. The van der Waals surface area contributed by atoms with Crippen LogP contribution in [0.1, 0.15) is 38.5 Å². The number of hydrogen-bond donors (Lipinski definition) is 1. The summed E-state index contributed by atoms with van der Waals surface area (Å²) in [4.78, 5) is 26.8. The molecule has 0 aliphatic carbocycles. The number of rotatable bonds is 6. The van der Waals surface area contributed by atoms with Gasteiger partial charge in [-0.1, -0.05) is 12.1 Å². The minimum Gasteiger partial charge on any atom is -0.495 e. The average Bonchev–Trinajstić information content (AvgIpc) is 3.20. The Morgan fingerprint density at radius 2 is 2.00 bits per heavy atom. The second-order valence-electron chi connectivity index (χ2n) is 7.02. The van der Waals surface area contributed by atoms with Gasteiger partial charge in [0.1, 0.15) is 5.75 Å². The number of piperidine rings is 1. The maximum atomic E-state index is 12.5. The Balaban J connectivity index is 1.43. The van der Waals surface area contributed by atoms with Crippen LogP contribution in [0.4, 0.5) is 5.69 Å². The third kappa shape index (κ3) is 4.75. The highest BCUT2D eigenvalue weighted by atomic mass is 16.5. The van der Waals surface area contributed by atoms with Crippen LogP contribution in [0.3, 0.4) is 0 Å². The minimum atomic E-state index is -0.0675. The molecule has 6 heteroatoms. The summed E-state index contributed by atoms with van der Waals surface area (Å²) in [6.45, 7) is 2.12. The fourth-order valence-electron chi connectivity index (χ4n) is 3.69. The van der Waals surface area contributed by atoms with E-state index in [0.29, 0.717) is 43.8 Å². The van der Waals surface area contributed by atoms with Crippen molar-refractivity contribution in [2.45, 2.75) is 44.6 Å². The van der Waals surface area contributed by atoms with Gasteiger partial charge in [0.15, 0.2) is 0 Å². The first kappa shape index (κ1) is 18.7. The van der Waals surface area contributed by atoms with E-state index in [0.717, 1.165) is 25.9 Å². The van der Waals surface area contributed by atoms with E-state index in [9.17, 15) is 9.59 Å². The highest BCUT2D eigenvalue weighted by Crippen LogP contribution is 2.26. The zero-order valence-corrected chi connectivity index (χ0v) is 15.4. The van der Waals surface area contributed by atoms with Crippen molar-refractivity contribution in [3.05, 3.63) is 24.3 Å². The van der Waals surface area contributed by atoms with Crippen molar-refractivity contribution >= 4 is 17.5 Å². The van der Waals surface area contributed by atoms with E-state index in [1.165, 1.54) is 0 Å². The fourth-order valence-corrected chi connectivity index (χ4v) is 3.69. The Morgan fingerprint density at radius 1 is 1.23 bits per heavy atom. The number of benzene rings is 1. The second-order valence-corrected chi connectivity index (χ2v) is 7.02. The molecule has 0 aromatic heterocycles. The van der Waals surface area contributed by atoms with E-state index in [1.807, 2.05) is 29.2 Å². The quantitative estimate of drug-likeness (QED) is 0.847. The topological polar surface area (TPSA) is 67.9 Å². The first-order chi connectivity index (χ1) is 12.7. The standard InChI is InChI=1S/C20H28N2O4/c1-25-18-7-3-2-6-17(18)21-20(24)15-10-12-22(13-11-15)19(23)9-8-16-5-4-14-26-16/h2-3,6-7,15-16H,4-5,8-14H2,1H3,(H,21,24). The highest BCUT2D eigenvalue weighted by molar-refractivity contribution is 5.94. The molecule has 0 bridgehead atoms. The van der Waals surface area contributed by atoms with Crippen molar-refractivity contribution in [2.75, 3.05) is 32.1 Å². The van der Waals surface area contributed by atoms with Crippen molar-refractivity contribution in [2.24, 2.45) is 5.92 Å². The predicted molar refractivity (Wildman–Crippen MR) is 99.1 cm³/mol. The van der Waals surface area contributed by atoms with Gasteiger partial charge in [0.2, 0.25) is 11.8 Å². The van der Waals surface area contributed by atoms with Crippen molar-refractivity contribution in [3.63, 3.8) is 0 Å². The monoisotopic (exact) mass is 360 g/mol. The number of nitrogens with zero attached hydrogens (tertiary/aromatic N) is 1. The molecule has 2 heterocycles. The van der Waals surface area contributed by atoms with Gasteiger partial charge in [-0.05, 0) is 44.2 Å². The Bertz CT molecular complexity index is 620. The molecule has 2 amide bonds. The lowest BCUT2D eigenvalue weighted by molar-refractivity contribution is -0.135. The van der Waals surface area contributed by atoms with E-state index in [2.05, 4.69) is 5.32 Å². The third-order valence-corrected chi connectivity index (χ3v) is 5.29. The number of methoxy groups -OCH3 is 1. The van der Waals surface area contributed by atoms with Gasteiger partial charge in [0.25, 0.3) is 0 Å². The van der Waals surface area contributed by atoms with Gasteiger partial charge in [0.05, 0.1) is 18.9 Å². The van der Waals surface area contributed by atoms with Crippen molar-refractivity contribution in [3.8, 4) is 5.75 Å². The summed E-state index contributed by atoms with van der Waals surface area (Å²) in [5, 5.41) is 2.95. The third-order valence-electron chi connectivity index (χ3n) is 5.29. The molecule has 2 saturated heterocycles. The van der Waals surface area contributed by atoms with E-state index in [1.54, 1.807) is 7.11 Å².